The predicted octanol–water partition coefficient (Wildman–Crippen LogP) is 1.37. The Morgan fingerprint density at radius 3 is 2.64 bits per heavy atom. The summed E-state index contributed by atoms with van der Waals surface area (Å²) in [5.74, 6) is 1.24. The summed E-state index contributed by atoms with van der Waals surface area (Å²) in [5.41, 5.74) is 1.13. The lowest BCUT2D eigenvalue weighted by molar-refractivity contribution is -0.783. The minimum atomic E-state index is -3.55. The quantitative estimate of drug-likeness (QED) is 0.543. The molecule has 2 aliphatic heterocycles. The molecule has 3 aliphatic carbocycles. The fourth-order valence-corrected chi connectivity index (χ4v) is 9.60. The lowest BCUT2D eigenvalue weighted by Gasteiger charge is -2.64. The minimum Gasteiger partial charge on any atom is -0.504 e. The molecule has 2 bridgehead atoms. The van der Waals surface area contributed by atoms with Gasteiger partial charge in [-0.1, -0.05) is 36.4 Å². The Morgan fingerprint density at radius 1 is 1.11 bits per heavy atom. The van der Waals surface area contributed by atoms with Crippen molar-refractivity contribution in [3.63, 3.8) is 0 Å². The molecule has 0 amide bonds. The Morgan fingerprint density at radius 2 is 1.89 bits per heavy atom. The van der Waals surface area contributed by atoms with Crippen molar-refractivity contribution in [3.05, 3.63) is 59.2 Å². The third-order valence-electron chi connectivity index (χ3n) is 9.97. The Kier molecular flexibility index (Phi) is 4.92. The van der Waals surface area contributed by atoms with Crippen molar-refractivity contribution in [2.24, 2.45) is 5.92 Å². The molecule has 1 saturated heterocycles. The Bertz CT molecular complexity index is 1310. The molecule has 2 aromatic rings. The number of hydrogen-bond donors (Lipinski definition) is 3. The summed E-state index contributed by atoms with van der Waals surface area (Å²) in [6.07, 6.45) is 4.57. The molecule has 3 fully saturated rings. The number of aromatic hydroxyl groups is 1. The van der Waals surface area contributed by atoms with Gasteiger partial charge >= 0.3 is 0 Å². The van der Waals surface area contributed by atoms with E-state index in [1.807, 2.05) is 36.4 Å². The molecular weight excluding hydrogens is 476 g/mol. The minimum absolute atomic E-state index is 0.0110. The van der Waals surface area contributed by atoms with Gasteiger partial charge in [0.1, 0.15) is 11.8 Å². The van der Waals surface area contributed by atoms with E-state index in [4.69, 9.17) is 4.74 Å². The maximum Gasteiger partial charge on any atom is 0.299 e. The molecule has 2 saturated carbocycles. The number of aliphatic hydroxyl groups is 1. The lowest BCUT2D eigenvalue weighted by Crippen LogP contribution is -3.17. The van der Waals surface area contributed by atoms with Gasteiger partial charge in [0.25, 0.3) is 10.0 Å². The molecule has 0 aromatic heterocycles. The first-order chi connectivity index (χ1) is 17.2. The van der Waals surface area contributed by atoms with Gasteiger partial charge in [-0.25, -0.2) is 4.31 Å². The molecule has 36 heavy (non-hydrogen) atoms. The number of piperidine rings is 1. The van der Waals surface area contributed by atoms with Gasteiger partial charge in [0, 0.05) is 24.6 Å². The van der Waals surface area contributed by atoms with Crippen molar-refractivity contribution in [1.82, 2.24) is 4.90 Å². The molecule has 2 heterocycles. The van der Waals surface area contributed by atoms with E-state index in [9.17, 15) is 18.6 Å². The largest absolute Gasteiger partial charge is 0.504 e. The maximum atomic E-state index is 13.6. The molecule has 192 valence electrons. The van der Waals surface area contributed by atoms with E-state index < -0.39 is 27.1 Å². The molecule has 0 radical (unpaired) electrons. The fraction of sp³-hybridized carbons (Fsp3) is 0.571. The highest BCUT2D eigenvalue weighted by Gasteiger charge is 2.74. The predicted molar refractivity (Wildman–Crippen MR) is 135 cm³/mol. The number of phenolic OH excluding ortho intramolecular Hbond substituents is 1. The van der Waals surface area contributed by atoms with Gasteiger partial charge in [-0.2, -0.15) is 8.42 Å². The molecule has 3 N–H and O–H groups in total. The van der Waals surface area contributed by atoms with E-state index >= 15 is 0 Å². The van der Waals surface area contributed by atoms with E-state index in [0.29, 0.717) is 29.3 Å². The number of sulfonamides is 1. The van der Waals surface area contributed by atoms with Crippen LogP contribution in [0.5, 0.6) is 11.5 Å². The SMILES string of the molecule is C[NH+](C1CC[C@@]2(O)[C@H]3Cc4ccc(O)c5c4[C@@]2(CCN3CC2CC2)[C@H]1O5)S(=O)(=O)Cc1ccccc1. The van der Waals surface area contributed by atoms with Crippen LogP contribution in [-0.2, 0) is 27.6 Å². The zero-order valence-corrected chi connectivity index (χ0v) is 21.5. The average Bonchev–Trinajstić information content (AvgIpc) is 3.59. The van der Waals surface area contributed by atoms with Crippen molar-refractivity contribution in [2.45, 2.75) is 73.5 Å². The van der Waals surface area contributed by atoms with Crippen LogP contribution in [0, 0.1) is 5.92 Å². The molecular formula is C28H35N2O5S+. The van der Waals surface area contributed by atoms with Gasteiger partial charge < -0.3 is 14.9 Å². The summed E-state index contributed by atoms with van der Waals surface area (Å²) in [7, 11) is -1.81. The highest BCUT2D eigenvalue weighted by Crippen LogP contribution is 2.65. The van der Waals surface area contributed by atoms with Gasteiger partial charge in [-0.3, -0.25) is 4.90 Å². The van der Waals surface area contributed by atoms with Gasteiger partial charge in [-0.05, 0) is 61.8 Å². The molecule has 5 aliphatic rings. The lowest BCUT2D eigenvalue weighted by atomic mass is 9.48. The van der Waals surface area contributed by atoms with Gasteiger partial charge in [0.05, 0.1) is 18.1 Å². The Labute approximate surface area is 212 Å². The molecule has 1 spiro atoms. The van der Waals surface area contributed by atoms with E-state index in [1.165, 1.54) is 12.8 Å². The molecule has 6 atom stereocenters. The Hall–Kier alpha value is -2.13. The summed E-state index contributed by atoms with van der Waals surface area (Å²) in [4.78, 5) is 2.50. The van der Waals surface area contributed by atoms with Crippen LogP contribution in [0.3, 0.4) is 0 Å². The maximum absolute atomic E-state index is 13.6. The second-order valence-electron chi connectivity index (χ2n) is 11.8. The second-order valence-corrected chi connectivity index (χ2v) is 14.0. The molecule has 7 rings (SSSR count). The van der Waals surface area contributed by atoms with Crippen LogP contribution in [0.4, 0.5) is 0 Å². The van der Waals surface area contributed by atoms with Gasteiger partial charge in [0.2, 0.25) is 0 Å². The topological polar surface area (TPSA) is 91.5 Å². The van der Waals surface area contributed by atoms with Crippen molar-refractivity contribution in [2.75, 3.05) is 20.1 Å². The smallest absolute Gasteiger partial charge is 0.299 e. The van der Waals surface area contributed by atoms with E-state index in [2.05, 4.69) is 4.90 Å². The third kappa shape index (κ3) is 3.04. The van der Waals surface area contributed by atoms with E-state index in [-0.39, 0.29) is 23.6 Å². The first-order valence-corrected chi connectivity index (χ1v) is 15.0. The van der Waals surface area contributed by atoms with Crippen molar-refractivity contribution in [1.29, 1.82) is 0 Å². The number of nitrogens with one attached hydrogen (secondary N) is 1. The normalized spacial score (nSPS) is 35.7. The van der Waals surface area contributed by atoms with Crippen molar-refractivity contribution < 1.29 is 27.7 Å². The van der Waals surface area contributed by atoms with E-state index in [1.54, 1.807) is 13.1 Å². The highest BCUT2D eigenvalue weighted by atomic mass is 32.2. The number of hydrogen-bond acceptors (Lipinski definition) is 6. The highest BCUT2D eigenvalue weighted by molar-refractivity contribution is 7.84. The summed E-state index contributed by atoms with van der Waals surface area (Å²) >= 11 is 0. The van der Waals surface area contributed by atoms with Crippen LogP contribution in [0.15, 0.2) is 42.5 Å². The number of nitrogens with zero attached hydrogens (tertiary/aromatic N) is 1. The Balaban J connectivity index is 1.30. The van der Waals surface area contributed by atoms with Crippen LogP contribution >= 0.6 is 0 Å². The zero-order chi connectivity index (χ0) is 24.9. The number of rotatable bonds is 6. The van der Waals surface area contributed by atoms with Crippen molar-refractivity contribution >= 4 is 10.0 Å². The molecule has 2 aromatic carbocycles. The molecule has 7 nitrogen and oxygen atoms in total. The number of ether oxygens (including phenoxy) is 1. The standard InChI is InChI=1S/C28H34N2O5S/c1-29(36(33,34)17-19-5-3-2-4-6-19)21-11-12-28(32)23-15-20-9-10-22(31)25-24(20)27(28,26(21)35-25)13-14-30(23)16-18-7-8-18/h2-6,9-10,18,21,23,26,31-32H,7-8,11-17H2,1H3/p+1/t21?,23-,26+,27+,28-/m1/s1. The van der Waals surface area contributed by atoms with Crippen LogP contribution in [0.1, 0.15) is 48.8 Å². The first-order valence-electron chi connectivity index (χ1n) is 13.3. The third-order valence-corrected chi connectivity index (χ3v) is 12.0. The number of likely N-dealkylation sites (N-methyl/N-ethyl adjacent to an activating group) is 1. The van der Waals surface area contributed by atoms with Crippen LogP contribution in [0.2, 0.25) is 0 Å². The number of quaternary nitrogens is 1. The molecule has 8 heteroatoms. The van der Waals surface area contributed by atoms with Crippen LogP contribution in [-0.4, -0.2) is 67.5 Å². The zero-order valence-electron chi connectivity index (χ0n) is 20.7. The summed E-state index contributed by atoms with van der Waals surface area (Å²) < 4.78 is 34.2. The van der Waals surface area contributed by atoms with Crippen molar-refractivity contribution in [3.8, 4) is 11.5 Å². The number of likely N-dealkylation sites (tertiary alicyclic amines) is 1. The number of benzene rings is 2. The monoisotopic (exact) mass is 511 g/mol. The number of phenols is 1. The van der Waals surface area contributed by atoms with Crippen LogP contribution < -0.4 is 9.04 Å². The summed E-state index contributed by atoms with van der Waals surface area (Å²) in [5, 5.41) is 23.4. The average molecular weight is 512 g/mol. The van der Waals surface area contributed by atoms with Crippen LogP contribution in [0.25, 0.3) is 0 Å². The second kappa shape index (κ2) is 7.69. The summed E-state index contributed by atoms with van der Waals surface area (Å²) in [6.45, 7) is 1.88. The van der Waals surface area contributed by atoms with E-state index in [0.717, 1.165) is 42.1 Å². The molecule has 2 unspecified atom stereocenters. The summed E-state index contributed by atoms with van der Waals surface area (Å²) in [6, 6.07) is 12.6. The van der Waals surface area contributed by atoms with Gasteiger partial charge in [0.15, 0.2) is 17.6 Å². The fourth-order valence-electron chi connectivity index (χ4n) is 8.04. The first kappa shape index (κ1) is 23.0. The van der Waals surface area contributed by atoms with Gasteiger partial charge in [-0.15, -0.1) is 0 Å².